The maximum atomic E-state index is 13.3. The molecule has 2 aromatic heterocycles. The third-order valence-electron chi connectivity index (χ3n) is 4.94. The highest BCUT2D eigenvalue weighted by Crippen LogP contribution is 2.34. The van der Waals surface area contributed by atoms with Crippen LogP contribution in [0.2, 0.25) is 0 Å². The van der Waals surface area contributed by atoms with E-state index in [2.05, 4.69) is 9.29 Å². The first-order valence-corrected chi connectivity index (χ1v) is 11.5. The van der Waals surface area contributed by atoms with E-state index in [1.165, 1.54) is 10.2 Å². The molecule has 6 nitrogen and oxygen atoms in total. The lowest BCUT2D eigenvalue weighted by atomic mass is 9.98. The van der Waals surface area contributed by atoms with Gasteiger partial charge >= 0.3 is 0 Å². The van der Waals surface area contributed by atoms with Crippen molar-refractivity contribution in [1.82, 2.24) is 8.96 Å². The van der Waals surface area contributed by atoms with Gasteiger partial charge in [0.25, 0.3) is 0 Å². The van der Waals surface area contributed by atoms with Gasteiger partial charge in [0.05, 0.1) is 28.6 Å². The number of rotatable bonds is 5. The van der Waals surface area contributed by atoms with Crippen LogP contribution in [0.4, 0.5) is 5.69 Å². The van der Waals surface area contributed by atoms with Crippen LogP contribution in [0.5, 0.6) is 0 Å². The van der Waals surface area contributed by atoms with Crippen molar-refractivity contribution < 1.29 is 13.2 Å². The molecule has 1 saturated heterocycles. The number of hydrogen-bond donors (Lipinski definition) is 0. The lowest BCUT2D eigenvalue weighted by Crippen LogP contribution is -2.23. The first-order chi connectivity index (χ1) is 13.4. The van der Waals surface area contributed by atoms with Gasteiger partial charge in [0.15, 0.2) is 5.78 Å². The number of aromatic nitrogens is 2. The van der Waals surface area contributed by atoms with Gasteiger partial charge in [-0.3, -0.25) is 9.78 Å². The summed E-state index contributed by atoms with van der Waals surface area (Å²) in [6.07, 6.45) is 5.00. The Hall–Kier alpha value is -2.32. The molecule has 8 heteroatoms. The molecule has 1 unspecified atom stereocenters. The summed E-state index contributed by atoms with van der Waals surface area (Å²) in [5.74, 6) is 0.434. The molecule has 0 bridgehead atoms. The number of carbonyl (C=O) groups is 1. The molecule has 1 aliphatic heterocycles. The fourth-order valence-corrected chi connectivity index (χ4v) is 5.63. The predicted octanol–water partition coefficient (Wildman–Crippen LogP) is 3.59. The number of fused-ring (bicyclic) bond motifs is 1. The van der Waals surface area contributed by atoms with Crippen LogP contribution in [0.3, 0.4) is 0 Å². The van der Waals surface area contributed by atoms with Crippen molar-refractivity contribution in [3.8, 4) is 0 Å². The van der Waals surface area contributed by atoms with E-state index >= 15 is 0 Å². The van der Waals surface area contributed by atoms with Crippen LogP contribution in [0.1, 0.15) is 24.2 Å². The largest absolute Gasteiger partial charge is 0.314 e. The van der Waals surface area contributed by atoms with Gasteiger partial charge in [-0.05, 0) is 44.0 Å². The Morgan fingerprint density at radius 3 is 2.71 bits per heavy atom. The molecule has 1 atom stereocenters. The maximum Gasteiger partial charge on any atom is 0.241 e. The first kappa shape index (κ1) is 19.0. The van der Waals surface area contributed by atoms with Gasteiger partial charge in [-0.25, -0.2) is 12.4 Å². The molecule has 3 aromatic rings. The zero-order valence-electron chi connectivity index (χ0n) is 15.6. The van der Waals surface area contributed by atoms with Crippen LogP contribution < -0.4 is 4.31 Å². The smallest absolute Gasteiger partial charge is 0.241 e. The number of pyridine rings is 1. The van der Waals surface area contributed by atoms with E-state index in [0.717, 1.165) is 5.69 Å². The number of nitrogens with zero attached hydrogens (tertiary/aromatic N) is 3. The lowest BCUT2D eigenvalue weighted by Gasteiger charge is -2.15. The van der Waals surface area contributed by atoms with E-state index in [1.54, 1.807) is 50.3 Å². The minimum atomic E-state index is -3.55. The molecule has 1 fully saturated rings. The van der Waals surface area contributed by atoms with E-state index in [-0.39, 0.29) is 11.7 Å². The number of carbonyl (C=O) groups excluding carboxylic acids is 1. The second-order valence-corrected chi connectivity index (χ2v) is 10.5. The van der Waals surface area contributed by atoms with Crippen LogP contribution in [-0.4, -0.2) is 40.7 Å². The van der Waals surface area contributed by atoms with Crippen molar-refractivity contribution in [2.75, 3.05) is 16.6 Å². The normalized spacial score (nSPS) is 17.5. The third-order valence-corrected chi connectivity index (χ3v) is 8.20. The van der Waals surface area contributed by atoms with E-state index in [1.807, 2.05) is 24.3 Å². The molecular formula is C20H21N3O3S2. The molecule has 0 N–H and O–H groups in total. The highest BCUT2D eigenvalue weighted by Gasteiger charge is 2.33. The molecule has 28 heavy (non-hydrogen) atoms. The van der Waals surface area contributed by atoms with Gasteiger partial charge in [-0.1, -0.05) is 18.2 Å². The number of ketones is 1. The molecule has 0 spiro atoms. The summed E-state index contributed by atoms with van der Waals surface area (Å²) in [7, 11) is -3.55. The summed E-state index contributed by atoms with van der Waals surface area (Å²) in [6.45, 7) is 3.86. The molecule has 4 rings (SSSR count). The Labute approximate surface area is 168 Å². The number of hydrogen-bond acceptors (Lipinski definition) is 6. The topological polar surface area (TPSA) is 72.3 Å². The highest BCUT2D eigenvalue weighted by molar-refractivity contribution is 8.01. The SMILES string of the molecule is CC(C)S(=O)(=O)n1cc(C(=O)C2CSN(c3cccnc3)C2)c2ccccc21. The molecule has 0 radical (unpaired) electrons. The molecule has 1 aliphatic rings. The number of para-hydroxylation sites is 1. The second kappa shape index (κ2) is 7.25. The molecule has 146 valence electrons. The van der Waals surface area contributed by atoms with Gasteiger partial charge in [-0.2, -0.15) is 0 Å². The van der Waals surface area contributed by atoms with Crippen molar-refractivity contribution >= 4 is 44.3 Å². The lowest BCUT2D eigenvalue weighted by molar-refractivity contribution is 0.0942. The molecule has 0 aliphatic carbocycles. The van der Waals surface area contributed by atoms with Crippen molar-refractivity contribution in [2.45, 2.75) is 19.1 Å². The van der Waals surface area contributed by atoms with Crippen molar-refractivity contribution in [1.29, 1.82) is 0 Å². The quantitative estimate of drug-likeness (QED) is 0.468. The number of anilines is 1. The minimum absolute atomic E-state index is 0.0206. The fourth-order valence-electron chi connectivity index (χ4n) is 3.33. The van der Waals surface area contributed by atoms with Crippen LogP contribution in [-0.2, 0) is 10.0 Å². The Kier molecular flexibility index (Phi) is 4.93. The molecule has 1 aromatic carbocycles. The molecular weight excluding hydrogens is 394 g/mol. The van der Waals surface area contributed by atoms with E-state index < -0.39 is 15.3 Å². The Morgan fingerprint density at radius 1 is 1.21 bits per heavy atom. The van der Waals surface area contributed by atoms with Crippen molar-refractivity contribution in [3.05, 3.63) is 60.6 Å². The Bertz CT molecular complexity index is 1120. The fraction of sp³-hybridized carbons (Fsp3) is 0.300. The van der Waals surface area contributed by atoms with E-state index in [4.69, 9.17) is 0 Å². The van der Waals surface area contributed by atoms with Crippen LogP contribution in [0.25, 0.3) is 10.9 Å². The van der Waals surface area contributed by atoms with Crippen molar-refractivity contribution in [2.24, 2.45) is 5.92 Å². The Balaban J connectivity index is 1.69. The summed E-state index contributed by atoms with van der Waals surface area (Å²) < 4.78 is 28.9. The second-order valence-electron chi connectivity index (χ2n) is 7.08. The molecule has 0 amide bonds. The number of benzene rings is 1. The summed E-state index contributed by atoms with van der Waals surface area (Å²) >= 11 is 1.60. The van der Waals surface area contributed by atoms with Crippen LogP contribution in [0, 0.1) is 5.92 Å². The van der Waals surface area contributed by atoms with Gasteiger partial charge in [-0.15, -0.1) is 0 Å². The van der Waals surface area contributed by atoms with Crippen molar-refractivity contribution in [3.63, 3.8) is 0 Å². The van der Waals surface area contributed by atoms with Crippen LogP contribution in [0.15, 0.2) is 55.0 Å². The minimum Gasteiger partial charge on any atom is -0.314 e. The maximum absolute atomic E-state index is 13.3. The standard InChI is InChI=1S/C20H21N3O3S2/c1-14(2)28(25,26)23-12-18(17-7-3-4-8-19(17)23)20(24)15-11-22(27-13-15)16-6-5-9-21-10-16/h3-10,12,14-15H,11,13H2,1-2H3. The van der Waals surface area contributed by atoms with E-state index in [9.17, 15) is 13.2 Å². The zero-order valence-corrected chi connectivity index (χ0v) is 17.3. The summed E-state index contributed by atoms with van der Waals surface area (Å²) in [5.41, 5.74) is 1.99. The average molecular weight is 416 g/mol. The highest BCUT2D eigenvalue weighted by atomic mass is 32.2. The third kappa shape index (κ3) is 3.20. The summed E-state index contributed by atoms with van der Waals surface area (Å²) in [6, 6.07) is 11.0. The zero-order chi connectivity index (χ0) is 19.9. The van der Waals surface area contributed by atoms with Gasteiger partial charge in [0.2, 0.25) is 10.0 Å². The first-order valence-electron chi connectivity index (χ1n) is 9.08. The van der Waals surface area contributed by atoms with Gasteiger partial charge in [0.1, 0.15) is 0 Å². The van der Waals surface area contributed by atoms with Crippen LogP contribution >= 0.6 is 11.9 Å². The predicted molar refractivity (Wildman–Crippen MR) is 113 cm³/mol. The Morgan fingerprint density at radius 2 is 2.00 bits per heavy atom. The molecule has 0 saturated carbocycles. The van der Waals surface area contributed by atoms with Gasteiger partial charge in [0, 0.05) is 35.6 Å². The summed E-state index contributed by atoms with van der Waals surface area (Å²) in [4.78, 5) is 17.4. The number of Topliss-reactive ketones (excluding diaryl/α,β-unsaturated/α-hetero) is 1. The monoisotopic (exact) mass is 415 g/mol. The molecule has 3 heterocycles. The summed E-state index contributed by atoms with van der Waals surface area (Å²) in [5, 5.41) is 0.107. The van der Waals surface area contributed by atoms with Gasteiger partial charge < -0.3 is 4.31 Å². The average Bonchev–Trinajstić information content (AvgIpc) is 3.34. The van der Waals surface area contributed by atoms with E-state index in [0.29, 0.717) is 28.8 Å².